The summed E-state index contributed by atoms with van der Waals surface area (Å²) in [4.78, 5) is 26.4. The van der Waals surface area contributed by atoms with Gasteiger partial charge in [0.05, 0.1) is 10.6 Å². The average molecular weight is 414 g/mol. The number of nitro groups is 1. The van der Waals surface area contributed by atoms with Crippen LogP contribution in [0.2, 0.25) is 0 Å². The van der Waals surface area contributed by atoms with E-state index in [4.69, 9.17) is 9.26 Å². The van der Waals surface area contributed by atoms with Gasteiger partial charge in [0.2, 0.25) is 11.7 Å². The quantitative estimate of drug-likeness (QED) is 0.412. The number of benzene rings is 2. The first-order valence-corrected chi connectivity index (χ1v) is 9.26. The molecule has 0 unspecified atom stereocenters. The zero-order valence-electron chi connectivity index (χ0n) is 16.1. The van der Waals surface area contributed by atoms with E-state index in [-0.39, 0.29) is 11.4 Å². The summed E-state index contributed by atoms with van der Waals surface area (Å²) in [6.45, 7) is 1.68. The van der Waals surface area contributed by atoms with Gasteiger partial charge < -0.3 is 14.6 Å². The maximum atomic E-state index is 13.7. The van der Waals surface area contributed by atoms with Crippen LogP contribution in [0.15, 0.2) is 47.0 Å². The summed E-state index contributed by atoms with van der Waals surface area (Å²) in [5, 5.41) is 17.0. The number of ether oxygens (including phenoxy) is 1. The SMILES string of the molecule is CCCCc1nc(-c2ccc(OCC(=O)Nc3cc([N+](=O)[O-])ccc3F)cc2)no1. The van der Waals surface area contributed by atoms with Gasteiger partial charge in [-0.05, 0) is 36.8 Å². The number of amides is 1. The number of nitro benzene ring substituents is 1. The second-order valence-electron chi connectivity index (χ2n) is 6.40. The molecule has 0 saturated carbocycles. The Bertz CT molecular complexity index is 1040. The molecule has 0 fully saturated rings. The number of rotatable bonds is 9. The Morgan fingerprint density at radius 3 is 2.73 bits per heavy atom. The molecule has 0 bridgehead atoms. The summed E-state index contributed by atoms with van der Waals surface area (Å²) in [7, 11) is 0. The first kappa shape index (κ1) is 20.9. The molecule has 0 aliphatic rings. The van der Waals surface area contributed by atoms with E-state index in [1.54, 1.807) is 24.3 Å². The number of aromatic nitrogens is 2. The molecular formula is C20H19FN4O5. The van der Waals surface area contributed by atoms with Crippen molar-refractivity contribution < 1.29 is 23.4 Å². The average Bonchev–Trinajstić information content (AvgIpc) is 3.21. The minimum Gasteiger partial charge on any atom is -0.484 e. The molecule has 2 aromatic carbocycles. The maximum Gasteiger partial charge on any atom is 0.271 e. The Balaban J connectivity index is 1.56. The molecule has 0 spiro atoms. The number of carbonyl (C=O) groups is 1. The number of nitrogens with one attached hydrogen (secondary N) is 1. The molecule has 0 radical (unpaired) electrons. The number of hydrogen-bond donors (Lipinski definition) is 1. The lowest BCUT2D eigenvalue weighted by Crippen LogP contribution is -2.20. The van der Waals surface area contributed by atoms with Crippen molar-refractivity contribution in [1.29, 1.82) is 0 Å². The zero-order valence-corrected chi connectivity index (χ0v) is 16.1. The molecule has 1 aromatic heterocycles. The van der Waals surface area contributed by atoms with Gasteiger partial charge in [0, 0.05) is 24.1 Å². The number of carbonyl (C=O) groups excluding carboxylic acids is 1. The van der Waals surface area contributed by atoms with Crippen LogP contribution in [0.5, 0.6) is 5.75 Å². The van der Waals surface area contributed by atoms with Crippen molar-refractivity contribution in [3.05, 3.63) is 64.3 Å². The smallest absolute Gasteiger partial charge is 0.271 e. The molecule has 1 N–H and O–H groups in total. The van der Waals surface area contributed by atoms with Gasteiger partial charge in [-0.2, -0.15) is 4.98 Å². The fraction of sp³-hybridized carbons (Fsp3) is 0.250. The lowest BCUT2D eigenvalue weighted by Gasteiger charge is -2.08. The first-order chi connectivity index (χ1) is 14.5. The fourth-order valence-electron chi connectivity index (χ4n) is 2.56. The third-order valence-corrected chi connectivity index (χ3v) is 4.13. The number of unbranched alkanes of at least 4 members (excludes halogenated alkanes) is 1. The van der Waals surface area contributed by atoms with E-state index < -0.39 is 23.3 Å². The highest BCUT2D eigenvalue weighted by Crippen LogP contribution is 2.22. The third kappa shape index (κ3) is 5.37. The minimum absolute atomic E-state index is 0.288. The van der Waals surface area contributed by atoms with Crippen LogP contribution in [-0.4, -0.2) is 27.6 Å². The van der Waals surface area contributed by atoms with Crippen LogP contribution in [0.3, 0.4) is 0 Å². The summed E-state index contributed by atoms with van der Waals surface area (Å²) in [5.74, 6) is 0.0146. The molecule has 156 valence electrons. The highest BCUT2D eigenvalue weighted by Gasteiger charge is 2.14. The standard InChI is InChI=1S/C20H19FN4O5/c1-2-3-4-19-23-20(24-30-19)13-5-8-15(9-6-13)29-12-18(26)22-17-11-14(25(27)28)7-10-16(17)21/h5-11H,2-4,12H2,1H3,(H,22,26). The van der Waals surface area contributed by atoms with Crippen molar-refractivity contribution in [3.8, 4) is 17.1 Å². The van der Waals surface area contributed by atoms with Gasteiger partial charge in [0.15, 0.2) is 6.61 Å². The van der Waals surface area contributed by atoms with Crippen molar-refractivity contribution >= 4 is 17.3 Å². The Kier molecular flexibility index (Phi) is 6.68. The van der Waals surface area contributed by atoms with Gasteiger partial charge in [-0.3, -0.25) is 14.9 Å². The monoisotopic (exact) mass is 414 g/mol. The van der Waals surface area contributed by atoms with Gasteiger partial charge in [0.1, 0.15) is 11.6 Å². The van der Waals surface area contributed by atoms with Gasteiger partial charge in [0.25, 0.3) is 11.6 Å². The third-order valence-electron chi connectivity index (χ3n) is 4.13. The van der Waals surface area contributed by atoms with Crippen LogP contribution in [0.4, 0.5) is 15.8 Å². The summed E-state index contributed by atoms with van der Waals surface area (Å²) >= 11 is 0. The van der Waals surface area contributed by atoms with E-state index in [9.17, 15) is 19.3 Å². The predicted octanol–water partition coefficient (Wildman–Crippen LogP) is 4.14. The summed E-state index contributed by atoms with van der Waals surface area (Å²) < 4.78 is 24.3. The van der Waals surface area contributed by atoms with Gasteiger partial charge in [-0.1, -0.05) is 18.5 Å². The predicted molar refractivity (Wildman–Crippen MR) is 106 cm³/mol. The molecule has 3 rings (SSSR count). The van der Waals surface area contributed by atoms with Crippen molar-refractivity contribution in [2.24, 2.45) is 0 Å². The molecule has 0 atom stereocenters. The molecule has 0 saturated heterocycles. The van der Waals surface area contributed by atoms with Crippen LogP contribution in [0.25, 0.3) is 11.4 Å². The molecule has 3 aromatic rings. The topological polar surface area (TPSA) is 120 Å². The van der Waals surface area contributed by atoms with Crippen LogP contribution >= 0.6 is 0 Å². The maximum absolute atomic E-state index is 13.7. The van der Waals surface area contributed by atoms with Crippen molar-refractivity contribution in [3.63, 3.8) is 0 Å². The number of aryl methyl sites for hydroxylation is 1. The van der Waals surface area contributed by atoms with Crippen LogP contribution in [0.1, 0.15) is 25.7 Å². The van der Waals surface area contributed by atoms with Crippen LogP contribution in [0, 0.1) is 15.9 Å². The van der Waals surface area contributed by atoms with E-state index in [0.29, 0.717) is 17.5 Å². The molecule has 9 nitrogen and oxygen atoms in total. The van der Waals surface area contributed by atoms with Crippen molar-refractivity contribution in [1.82, 2.24) is 10.1 Å². The number of anilines is 1. The number of halogens is 1. The molecule has 10 heteroatoms. The Morgan fingerprint density at radius 2 is 2.03 bits per heavy atom. The van der Waals surface area contributed by atoms with E-state index in [0.717, 1.165) is 43.0 Å². The Labute approximate surface area is 171 Å². The minimum atomic E-state index is -0.781. The fourth-order valence-corrected chi connectivity index (χ4v) is 2.56. The van der Waals surface area contributed by atoms with Gasteiger partial charge >= 0.3 is 0 Å². The first-order valence-electron chi connectivity index (χ1n) is 9.26. The van der Waals surface area contributed by atoms with E-state index in [1.165, 1.54) is 0 Å². The normalized spacial score (nSPS) is 10.6. The molecule has 1 heterocycles. The molecule has 30 heavy (non-hydrogen) atoms. The number of non-ortho nitro benzene ring substituents is 1. The molecule has 0 aliphatic carbocycles. The van der Waals surface area contributed by atoms with E-state index in [1.807, 2.05) is 0 Å². The van der Waals surface area contributed by atoms with E-state index in [2.05, 4.69) is 22.4 Å². The Morgan fingerprint density at radius 1 is 1.27 bits per heavy atom. The highest BCUT2D eigenvalue weighted by atomic mass is 19.1. The number of nitrogens with zero attached hydrogens (tertiary/aromatic N) is 3. The molecular weight excluding hydrogens is 395 g/mol. The Hall–Kier alpha value is -3.82. The van der Waals surface area contributed by atoms with Crippen molar-refractivity contribution in [2.75, 3.05) is 11.9 Å². The molecule has 0 aliphatic heterocycles. The summed E-state index contributed by atoms with van der Waals surface area (Å²) in [6, 6.07) is 9.60. The zero-order chi connectivity index (χ0) is 21.5. The lowest BCUT2D eigenvalue weighted by atomic mass is 10.2. The summed E-state index contributed by atoms with van der Waals surface area (Å²) in [5.41, 5.74) is 0.114. The molecule has 1 amide bonds. The van der Waals surface area contributed by atoms with Crippen LogP contribution < -0.4 is 10.1 Å². The second-order valence-corrected chi connectivity index (χ2v) is 6.40. The number of hydrogen-bond acceptors (Lipinski definition) is 7. The highest BCUT2D eigenvalue weighted by molar-refractivity contribution is 5.92. The van der Waals surface area contributed by atoms with Gasteiger partial charge in [-0.15, -0.1) is 0 Å². The van der Waals surface area contributed by atoms with Gasteiger partial charge in [-0.25, -0.2) is 4.39 Å². The second kappa shape index (κ2) is 9.59. The summed E-state index contributed by atoms with van der Waals surface area (Å²) in [6.07, 6.45) is 2.73. The largest absolute Gasteiger partial charge is 0.484 e. The van der Waals surface area contributed by atoms with E-state index >= 15 is 0 Å². The van der Waals surface area contributed by atoms with Crippen molar-refractivity contribution in [2.45, 2.75) is 26.2 Å². The lowest BCUT2D eigenvalue weighted by molar-refractivity contribution is -0.384. The van der Waals surface area contributed by atoms with Crippen LogP contribution in [-0.2, 0) is 11.2 Å².